The van der Waals surface area contributed by atoms with Gasteiger partial charge in [0.2, 0.25) is 0 Å². The van der Waals surface area contributed by atoms with E-state index < -0.39 is 5.97 Å². The van der Waals surface area contributed by atoms with Crippen LogP contribution in [0.15, 0.2) is 0 Å². The van der Waals surface area contributed by atoms with E-state index in [2.05, 4.69) is 0 Å². The molecule has 0 unspecified atom stereocenters. The number of nitrogens with two attached hydrogens (primary N) is 1. The zero-order valence-electron chi connectivity index (χ0n) is 8.00. The smallest absolute Gasteiger partial charge is 0.303 e. The molecule has 13 heavy (non-hydrogen) atoms. The van der Waals surface area contributed by atoms with E-state index in [0.29, 0.717) is 19.4 Å². The quantitative estimate of drug-likeness (QED) is 0.639. The Kier molecular flexibility index (Phi) is 6.49. The average molecular weight is 191 g/mol. The van der Waals surface area contributed by atoms with Crippen molar-refractivity contribution in [1.82, 2.24) is 0 Å². The van der Waals surface area contributed by atoms with Crippen molar-refractivity contribution < 1.29 is 14.3 Å². The lowest BCUT2D eigenvalue weighted by Gasteiger charge is -2.16. The lowest BCUT2D eigenvalue weighted by Crippen LogP contribution is -2.20. The average Bonchev–Trinajstić information content (AvgIpc) is 2.02. The molecule has 0 aromatic carbocycles. The molecule has 0 amide bonds. The molecule has 3 N–H and O–H groups in total. The van der Waals surface area contributed by atoms with Crippen LogP contribution in [-0.4, -0.2) is 24.3 Å². The zero-order valence-corrected chi connectivity index (χ0v) is 8.00. The molecule has 0 aliphatic carbocycles. The predicted octanol–water partition coefficient (Wildman–Crippen LogP) is 1.42. The van der Waals surface area contributed by atoms with Crippen LogP contribution < -0.4 is 5.73 Å². The van der Waals surface area contributed by atoms with Gasteiger partial charge in [-0.15, -0.1) is 0 Å². The molecular weight excluding hydrogens is 173 g/mol. The number of carboxylic acids is 1. The van der Waals surface area contributed by atoms with Gasteiger partial charge in [0.25, 0.3) is 0 Å². The number of hydrogen-bond acceptors (Lipinski definition) is 2. The SMILES string of the molecule is C[C@@H](CCF)C[C@H](CN)CC(=O)O. The van der Waals surface area contributed by atoms with Gasteiger partial charge in [-0.1, -0.05) is 6.92 Å². The molecule has 78 valence electrons. The maximum Gasteiger partial charge on any atom is 0.303 e. The maximum atomic E-state index is 11.9. The van der Waals surface area contributed by atoms with E-state index >= 15 is 0 Å². The van der Waals surface area contributed by atoms with Gasteiger partial charge in [0.15, 0.2) is 0 Å². The summed E-state index contributed by atoms with van der Waals surface area (Å²) in [6.07, 6.45) is 1.29. The Hall–Kier alpha value is -0.640. The molecule has 0 heterocycles. The molecule has 0 bridgehead atoms. The van der Waals surface area contributed by atoms with E-state index in [1.807, 2.05) is 6.92 Å². The summed E-state index contributed by atoms with van der Waals surface area (Å²) in [7, 11) is 0. The summed E-state index contributed by atoms with van der Waals surface area (Å²) in [5.41, 5.74) is 5.41. The fraction of sp³-hybridized carbons (Fsp3) is 0.889. The predicted molar refractivity (Wildman–Crippen MR) is 49.2 cm³/mol. The van der Waals surface area contributed by atoms with Crippen LogP contribution in [0, 0.1) is 11.8 Å². The van der Waals surface area contributed by atoms with Gasteiger partial charge < -0.3 is 10.8 Å². The normalized spacial score (nSPS) is 15.3. The molecule has 4 heteroatoms. The maximum absolute atomic E-state index is 11.9. The van der Waals surface area contributed by atoms with Crippen molar-refractivity contribution >= 4 is 5.97 Å². The second-order valence-electron chi connectivity index (χ2n) is 3.52. The third kappa shape index (κ3) is 6.51. The van der Waals surface area contributed by atoms with E-state index in [-0.39, 0.29) is 24.9 Å². The molecular formula is C9H18FNO2. The summed E-state index contributed by atoms with van der Waals surface area (Å²) in [6, 6.07) is 0. The Morgan fingerprint density at radius 3 is 2.62 bits per heavy atom. The molecule has 0 aliphatic heterocycles. The van der Waals surface area contributed by atoms with Crippen molar-refractivity contribution in [2.24, 2.45) is 17.6 Å². The molecule has 2 atom stereocenters. The van der Waals surface area contributed by atoms with E-state index in [9.17, 15) is 9.18 Å². The van der Waals surface area contributed by atoms with Gasteiger partial charge in [-0.3, -0.25) is 9.18 Å². The summed E-state index contributed by atoms with van der Waals surface area (Å²) >= 11 is 0. The Balaban J connectivity index is 3.75. The second-order valence-corrected chi connectivity index (χ2v) is 3.52. The minimum absolute atomic E-state index is 0.0148. The number of halogens is 1. The summed E-state index contributed by atoms with van der Waals surface area (Å²) in [6.45, 7) is 1.94. The summed E-state index contributed by atoms with van der Waals surface area (Å²) in [5, 5.41) is 8.53. The van der Waals surface area contributed by atoms with Gasteiger partial charge in [-0.2, -0.15) is 0 Å². The fourth-order valence-electron chi connectivity index (χ4n) is 1.38. The van der Waals surface area contributed by atoms with Crippen molar-refractivity contribution in [3.05, 3.63) is 0 Å². The van der Waals surface area contributed by atoms with Crippen molar-refractivity contribution in [3.63, 3.8) is 0 Å². The first-order chi connectivity index (χ1) is 6.10. The van der Waals surface area contributed by atoms with Gasteiger partial charge in [0.05, 0.1) is 6.67 Å². The molecule has 0 aliphatic rings. The van der Waals surface area contributed by atoms with Crippen molar-refractivity contribution in [2.75, 3.05) is 13.2 Å². The van der Waals surface area contributed by atoms with Crippen molar-refractivity contribution in [1.29, 1.82) is 0 Å². The highest BCUT2D eigenvalue weighted by atomic mass is 19.1. The van der Waals surface area contributed by atoms with Crippen LogP contribution in [0.5, 0.6) is 0 Å². The Morgan fingerprint density at radius 1 is 1.62 bits per heavy atom. The topological polar surface area (TPSA) is 63.3 Å². The summed E-state index contributed by atoms with van der Waals surface area (Å²) in [5.74, 6) is -0.625. The Morgan fingerprint density at radius 2 is 2.23 bits per heavy atom. The van der Waals surface area contributed by atoms with Crippen LogP contribution in [0.3, 0.4) is 0 Å². The van der Waals surface area contributed by atoms with E-state index in [1.165, 1.54) is 0 Å². The lowest BCUT2D eigenvalue weighted by atomic mass is 9.91. The number of carboxylic acid groups (broad SMARTS) is 1. The molecule has 0 rings (SSSR count). The second kappa shape index (κ2) is 6.83. The van der Waals surface area contributed by atoms with Gasteiger partial charge >= 0.3 is 5.97 Å². The minimum atomic E-state index is -0.831. The minimum Gasteiger partial charge on any atom is -0.481 e. The molecule has 0 fully saturated rings. The van der Waals surface area contributed by atoms with Crippen LogP contribution in [0.2, 0.25) is 0 Å². The van der Waals surface area contributed by atoms with Crippen molar-refractivity contribution in [2.45, 2.75) is 26.2 Å². The van der Waals surface area contributed by atoms with Gasteiger partial charge in [0.1, 0.15) is 0 Å². The standard InChI is InChI=1S/C9H18FNO2/c1-7(2-3-10)4-8(6-11)5-9(12)13/h7-8H,2-6,11H2,1H3,(H,12,13)/t7-,8-/m0/s1. The number of hydrogen-bond donors (Lipinski definition) is 2. The highest BCUT2D eigenvalue weighted by molar-refractivity contribution is 5.67. The van der Waals surface area contributed by atoms with Crippen LogP contribution in [-0.2, 0) is 4.79 Å². The third-order valence-corrected chi connectivity index (χ3v) is 2.13. The third-order valence-electron chi connectivity index (χ3n) is 2.13. The monoisotopic (exact) mass is 191 g/mol. The first kappa shape index (κ1) is 12.4. The lowest BCUT2D eigenvalue weighted by molar-refractivity contribution is -0.138. The van der Waals surface area contributed by atoms with Crippen LogP contribution in [0.25, 0.3) is 0 Å². The number of carbonyl (C=O) groups is 1. The molecule has 0 saturated carbocycles. The highest BCUT2D eigenvalue weighted by Crippen LogP contribution is 2.17. The van der Waals surface area contributed by atoms with E-state index in [1.54, 1.807) is 0 Å². The Labute approximate surface area is 78.1 Å². The molecule has 0 radical (unpaired) electrons. The van der Waals surface area contributed by atoms with Crippen LogP contribution >= 0.6 is 0 Å². The van der Waals surface area contributed by atoms with E-state index in [0.717, 1.165) is 0 Å². The highest BCUT2D eigenvalue weighted by Gasteiger charge is 2.14. The van der Waals surface area contributed by atoms with E-state index in [4.69, 9.17) is 10.8 Å². The number of rotatable bonds is 7. The fourth-order valence-corrected chi connectivity index (χ4v) is 1.38. The van der Waals surface area contributed by atoms with Crippen LogP contribution in [0.1, 0.15) is 26.2 Å². The molecule has 3 nitrogen and oxygen atoms in total. The summed E-state index contributed by atoms with van der Waals surface area (Å²) < 4.78 is 11.9. The molecule has 0 aromatic heterocycles. The van der Waals surface area contributed by atoms with Gasteiger partial charge in [-0.05, 0) is 31.2 Å². The largest absolute Gasteiger partial charge is 0.481 e. The van der Waals surface area contributed by atoms with Gasteiger partial charge in [-0.25, -0.2) is 0 Å². The van der Waals surface area contributed by atoms with Crippen molar-refractivity contribution in [3.8, 4) is 0 Å². The first-order valence-electron chi connectivity index (χ1n) is 4.58. The van der Waals surface area contributed by atoms with Gasteiger partial charge in [0, 0.05) is 6.42 Å². The number of aliphatic carboxylic acids is 1. The molecule has 0 saturated heterocycles. The Bertz CT molecular complexity index is 153. The van der Waals surface area contributed by atoms with Crippen LogP contribution in [0.4, 0.5) is 4.39 Å². The summed E-state index contributed by atoms with van der Waals surface area (Å²) in [4.78, 5) is 10.4. The first-order valence-corrected chi connectivity index (χ1v) is 4.58. The molecule has 0 spiro atoms. The molecule has 0 aromatic rings. The zero-order chi connectivity index (χ0) is 10.3. The number of alkyl halides is 1.